The van der Waals surface area contributed by atoms with Crippen LogP contribution in [0.5, 0.6) is 0 Å². The Hall–Kier alpha value is -8.96. The van der Waals surface area contributed by atoms with Gasteiger partial charge >= 0.3 is 0 Å². The lowest BCUT2D eigenvalue weighted by Gasteiger charge is -2.26. The summed E-state index contributed by atoms with van der Waals surface area (Å²) in [6.45, 7) is 0. The van der Waals surface area contributed by atoms with Crippen LogP contribution >= 0.6 is 22.7 Å². The highest BCUT2D eigenvalue weighted by molar-refractivity contribution is 7.17. The van der Waals surface area contributed by atoms with Gasteiger partial charge in [0.25, 0.3) is 0 Å². The Balaban J connectivity index is 0.938. The van der Waals surface area contributed by atoms with Crippen LogP contribution in [0.4, 0.5) is 34.1 Å². The number of rotatable bonds is 10. The molecule has 0 amide bonds. The predicted octanol–water partition coefficient (Wildman–Crippen LogP) is 16.5. The monoisotopic (exact) mass is 936 g/mol. The summed E-state index contributed by atoms with van der Waals surface area (Å²) >= 11 is 3.59. The summed E-state index contributed by atoms with van der Waals surface area (Å²) in [4.78, 5) is 13.1. The lowest BCUT2D eigenvalue weighted by Crippen LogP contribution is -2.10. The molecule has 0 fully saturated rings. The number of benzene rings is 8. The van der Waals surface area contributed by atoms with Gasteiger partial charge in [0.05, 0.1) is 34.7 Å². The number of hydrogen-bond acceptors (Lipinski definition) is 6. The molecule has 70 heavy (non-hydrogen) atoms. The molecule has 0 atom stereocenters. The van der Waals surface area contributed by atoms with E-state index in [1.165, 1.54) is 53.0 Å². The van der Waals surface area contributed by atoms with Crippen LogP contribution in [0.25, 0.3) is 75.8 Å². The van der Waals surface area contributed by atoms with Gasteiger partial charge in [0.1, 0.15) is 0 Å². The lowest BCUT2D eigenvalue weighted by atomic mass is 10.1. The molecule has 0 bridgehead atoms. The minimum Gasteiger partial charge on any atom is -0.311 e. The Labute approximate surface area is 410 Å². The maximum Gasteiger partial charge on any atom is 0.0991 e. The van der Waals surface area contributed by atoms with Crippen LogP contribution in [0.3, 0.4) is 0 Å². The standard InChI is InChI=1S/C60H40N8S2/c1-3-7-45(8-4-1)65(47-15-11-43(12-16-47)63-31-29-61-39-63)49-19-23-51(24-20-49)67-55-35-41-27-33-69-57(41)37-53(55)60-59(67)54-38-58-42(28-34-70-58)36-56(54)68(60)52-25-21-50(22-26-52)66(46-9-5-2-6-10-46)48-17-13-44(14-18-48)64-32-30-62-40-64/h1-40H. The number of aromatic nitrogens is 6. The van der Waals surface area contributed by atoms with E-state index >= 15 is 0 Å². The minimum atomic E-state index is 1.06. The largest absolute Gasteiger partial charge is 0.311 e. The fourth-order valence-corrected chi connectivity index (χ4v) is 11.8. The molecule has 0 aliphatic rings. The fourth-order valence-electron chi connectivity index (χ4n) is 10.2. The number of fused-ring (bicyclic) bond motifs is 7. The average molecular weight is 937 g/mol. The highest BCUT2D eigenvalue weighted by atomic mass is 32.1. The number of thiophene rings is 2. The molecule has 0 radical (unpaired) electrons. The average Bonchev–Trinajstić information content (AvgIpc) is 4.30. The SMILES string of the molecule is c1ccc(N(c2ccc(-n3ccnc3)cc2)c2ccc(-n3c4cc5ccsc5cc4c4c3c3cc5sccc5cc3n4-c3ccc(N(c4ccccc4)c4ccc(-n5ccnc5)cc4)cc3)cc2)cc1. The van der Waals surface area contributed by atoms with Crippen molar-refractivity contribution in [1.82, 2.24) is 28.2 Å². The number of para-hydroxylation sites is 2. The van der Waals surface area contributed by atoms with Crippen LogP contribution < -0.4 is 9.80 Å². The Morgan fingerprint density at radius 1 is 0.357 bits per heavy atom. The number of imidazole rings is 2. The molecular formula is C60H40N8S2. The first-order valence-corrected chi connectivity index (χ1v) is 24.9. The van der Waals surface area contributed by atoms with E-state index in [9.17, 15) is 0 Å². The van der Waals surface area contributed by atoms with Gasteiger partial charge in [-0.1, -0.05) is 36.4 Å². The topological polar surface area (TPSA) is 52.0 Å². The molecule has 0 aliphatic carbocycles. The van der Waals surface area contributed by atoms with E-state index in [4.69, 9.17) is 0 Å². The third kappa shape index (κ3) is 6.64. The molecule has 10 heteroatoms. The van der Waals surface area contributed by atoms with Gasteiger partial charge < -0.3 is 28.1 Å². The van der Waals surface area contributed by atoms with Gasteiger partial charge in [-0.2, -0.15) is 0 Å². The molecule has 14 aromatic rings. The molecule has 0 unspecified atom stereocenters. The van der Waals surface area contributed by atoms with Gasteiger partial charge in [-0.05, 0) is 179 Å². The first kappa shape index (κ1) is 40.1. The molecule has 0 saturated carbocycles. The first-order chi connectivity index (χ1) is 34.7. The van der Waals surface area contributed by atoms with Gasteiger partial charge in [-0.3, -0.25) is 0 Å². The molecule has 8 nitrogen and oxygen atoms in total. The fraction of sp³-hybridized carbons (Fsp3) is 0. The van der Waals surface area contributed by atoms with Crippen molar-refractivity contribution >= 4 is 110 Å². The van der Waals surface area contributed by atoms with E-state index in [-0.39, 0.29) is 0 Å². The van der Waals surface area contributed by atoms with Crippen molar-refractivity contribution in [3.05, 3.63) is 242 Å². The van der Waals surface area contributed by atoms with Gasteiger partial charge in [0.15, 0.2) is 0 Å². The van der Waals surface area contributed by atoms with Crippen LogP contribution in [0, 0.1) is 0 Å². The summed E-state index contributed by atoms with van der Waals surface area (Å²) in [5.74, 6) is 0. The highest BCUT2D eigenvalue weighted by Crippen LogP contribution is 2.46. The Morgan fingerprint density at radius 3 is 1.07 bits per heavy atom. The number of nitrogens with zero attached hydrogens (tertiary/aromatic N) is 8. The molecule has 0 aliphatic heterocycles. The molecule has 332 valence electrons. The second-order valence-corrected chi connectivity index (χ2v) is 19.3. The number of anilines is 6. The molecule has 0 spiro atoms. The van der Waals surface area contributed by atoms with E-state index in [0.717, 1.165) is 56.9 Å². The summed E-state index contributed by atoms with van der Waals surface area (Å²) in [5.41, 5.74) is 15.5. The zero-order chi connectivity index (χ0) is 46.1. The number of hydrogen-bond donors (Lipinski definition) is 0. The van der Waals surface area contributed by atoms with E-state index < -0.39 is 0 Å². The van der Waals surface area contributed by atoms with Crippen molar-refractivity contribution in [3.8, 4) is 22.7 Å². The zero-order valence-electron chi connectivity index (χ0n) is 37.5. The second kappa shape index (κ2) is 16.4. The molecule has 0 saturated heterocycles. The van der Waals surface area contributed by atoms with E-state index in [1.807, 2.05) is 34.2 Å². The summed E-state index contributed by atoms with van der Waals surface area (Å²) < 4.78 is 11.6. The smallest absolute Gasteiger partial charge is 0.0991 e. The van der Waals surface area contributed by atoms with E-state index in [0.29, 0.717) is 0 Å². The normalized spacial score (nSPS) is 11.7. The van der Waals surface area contributed by atoms with Gasteiger partial charge in [0.2, 0.25) is 0 Å². The quantitative estimate of drug-likeness (QED) is 0.137. The van der Waals surface area contributed by atoms with Crippen molar-refractivity contribution in [3.63, 3.8) is 0 Å². The van der Waals surface area contributed by atoms with Crippen molar-refractivity contribution < 1.29 is 0 Å². The van der Waals surface area contributed by atoms with Crippen LogP contribution in [0.15, 0.2) is 242 Å². The van der Waals surface area contributed by atoms with E-state index in [2.05, 4.69) is 234 Å². The predicted molar refractivity (Wildman–Crippen MR) is 292 cm³/mol. The zero-order valence-corrected chi connectivity index (χ0v) is 39.1. The minimum absolute atomic E-state index is 1.06. The van der Waals surface area contributed by atoms with Crippen molar-refractivity contribution in [2.75, 3.05) is 9.80 Å². The maximum atomic E-state index is 4.26. The Kier molecular flexibility index (Phi) is 9.39. The van der Waals surface area contributed by atoms with Crippen LogP contribution in [0.2, 0.25) is 0 Å². The molecule has 6 aromatic heterocycles. The van der Waals surface area contributed by atoms with E-state index in [1.54, 1.807) is 35.1 Å². The summed E-state index contributed by atoms with van der Waals surface area (Å²) in [6.07, 6.45) is 11.2. The van der Waals surface area contributed by atoms with Crippen LogP contribution in [0.1, 0.15) is 0 Å². The lowest BCUT2D eigenvalue weighted by molar-refractivity contribution is 1.06. The Bertz CT molecular complexity index is 3860. The third-order valence-corrected chi connectivity index (χ3v) is 15.1. The van der Waals surface area contributed by atoms with Crippen LogP contribution in [-0.4, -0.2) is 28.2 Å². The molecule has 6 heterocycles. The highest BCUT2D eigenvalue weighted by Gasteiger charge is 2.25. The van der Waals surface area contributed by atoms with Crippen molar-refractivity contribution in [2.24, 2.45) is 0 Å². The molecule has 8 aromatic carbocycles. The summed E-state index contributed by atoms with van der Waals surface area (Å²) in [6, 6.07) is 70.7. The molecule has 0 N–H and O–H groups in total. The first-order valence-electron chi connectivity index (χ1n) is 23.2. The molecular weight excluding hydrogens is 897 g/mol. The Morgan fingerprint density at radius 2 is 0.714 bits per heavy atom. The maximum absolute atomic E-state index is 4.26. The second-order valence-electron chi connectivity index (χ2n) is 17.4. The van der Waals surface area contributed by atoms with Crippen molar-refractivity contribution in [2.45, 2.75) is 0 Å². The third-order valence-electron chi connectivity index (χ3n) is 13.4. The van der Waals surface area contributed by atoms with Gasteiger partial charge in [0, 0.05) is 102 Å². The van der Waals surface area contributed by atoms with Crippen LogP contribution in [-0.2, 0) is 0 Å². The van der Waals surface area contributed by atoms with Gasteiger partial charge in [-0.15, -0.1) is 22.7 Å². The van der Waals surface area contributed by atoms with Gasteiger partial charge in [-0.25, -0.2) is 9.97 Å². The summed E-state index contributed by atoms with van der Waals surface area (Å²) in [5, 5.41) is 9.31. The summed E-state index contributed by atoms with van der Waals surface area (Å²) in [7, 11) is 0. The van der Waals surface area contributed by atoms with Crippen molar-refractivity contribution in [1.29, 1.82) is 0 Å². The molecule has 14 rings (SSSR count).